The summed E-state index contributed by atoms with van der Waals surface area (Å²) in [5.41, 5.74) is -0.575. The number of halogens is 1. The maximum Gasteiger partial charge on any atom is 0.365 e. The van der Waals surface area contributed by atoms with Crippen molar-refractivity contribution in [3.05, 3.63) is 0 Å². The largest absolute Gasteiger partial charge is 0.365 e. The predicted octanol–water partition coefficient (Wildman–Crippen LogP) is 4.79. The van der Waals surface area contributed by atoms with Crippen molar-refractivity contribution in [1.29, 1.82) is 0 Å². The molecule has 0 aliphatic heterocycles. The first-order valence-corrected chi connectivity index (χ1v) is 7.63. The molecule has 2 unspecified atom stereocenters. The van der Waals surface area contributed by atoms with Crippen LogP contribution in [-0.2, 0) is 9.09 Å². The second kappa shape index (κ2) is 6.00. The normalized spacial score (nSPS) is 19.9. The van der Waals surface area contributed by atoms with Crippen molar-refractivity contribution in [3.8, 4) is 0 Å². The fraction of sp³-hybridized carbons (Fsp3) is 1.00. The van der Waals surface area contributed by atoms with E-state index in [4.69, 9.17) is 4.52 Å². The number of rotatable bonds is 7. The highest BCUT2D eigenvalue weighted by molar-refractivity contribution is 7.52. The molecule has 0 fully saturated rings. The molecular formula is C11H24FO2P. The van der Waals surface area contributed by atoms with Crippen LogP contribution in [0.25, 0.3) is 0 Å². The van der Waals surface area contributed by atoms with E-state index in [-0.39, 0.29) is 0 Å². The second-order valence-corrected chi connectivity index (χ2v) is 6.60. The van der Waals surface area contributed by atoms with Gasteiger partial charge >= 0.3 is 7.68 Å². The molecule has 2 atom stereocenters. The van der Waals surface area contributed by atoms with Gasteiger partial charge in [-0.15, -0.1) is 0 Å². The van der Waals surface area contributed by atoms with E-state index >= 15 is 0 Å². The SMILES string of the molecule is CCC(C)(CCCC(C)C)OP(C)(=O)F. The lowest BCUT2D eigenvalue weighted by Crippen LogP contribution is -2.26. The highest BCUT2D eigenvalue weighted by Gasteiger charge is 2.30. The standard InChI is InChI=1S/C11H24FO2P/c1-6-11(4,14-15(5,12)13)9-7-8-10(2)3/h10H,6-9H2,1-5H3. The molecular weight excluding hydrogens is 214 g/mol. The smallest absolute Gasteiger partial charge is 0.299 e. The van der Waals surface area contributed by atoms with Crippen molar-refractivity contribution in [3.63, 3.8) is 0 Å². The van der Waals surface area contributed by atoms with Crippen LogP contribution in [0.2, 0.25) is 0 Å². The van der Waals surface area contributed by atoms with E-state index in [0.29, 0.717) is 12.3 Å². The van der Waals surface area contributed by atoms with Gasteiger partial charge in [0.25, 0.3) is 0 Å². The molecule has 0 rings (SSSR count). The van der Waals surface area contributed by atoms with E-state index in [1.807, 2.05) is 13.8 Å². The van der Waals surface area contributed by atoms with Gasteiger partial charge in [-0.3, -0.25) is 9.09 Å². The van der Waals surface area contributed by atoms with Gasteiger partial charge in [-0.1, -0.05) is 33.6 Å². The quantitative estimate of drug-likeness (QED) is 0.596. The molecule has 0 spiro atoms. The van der Waals surface area contributed by atoms with Crippen LogP contribution in [0.5, 0.6) is 0 Å². The lowest BCUT2D eigenvalue weighted by atomic mass is 9.94. The third-order valence-corrected chi connectivity index (χ3v) is 3.39. The van der Waals surface area contributed by atoms with Crippen LogP contribution in [0.1, 0.15) is 53.4 Å². The van der Waals surface area contributed by atoms with Gasteiger partial charge in [0, 0.05) is 6.66 Å². The summed E-state index contributed by atoms with van der Waals surface area (Å²) in [5.74, 6) is 0.643. The Kier molecular flexibility index (Phi) is 6.05. The van der Waals surface area contributed by atoms with Crippen LogP contribution >= 0.6 is 7.68 Å². The summed E-state index contributed by atoms with van der Waals surface area (Å²) in [4.78, 5) is 0. The molecule has 2 nitrogen and oxygen atoms in total. The van der Waals surface area contributed by atoms with Gasteiger partial charge in [-0.05, 0) is 25.7 Å². The van der Waals surface area contributed by atoms with Gasteiger partial charge in [-0.2, -0.15) is 4.20 Å². The molecule has 0 aliphatic rings. The number of hydrogen-bond donors (Lipinski definition) is 0. The lowest BCUT2D eigenvalue weighted by Gasteiger charge is -2.29. The van der Waals surface area contributed by atoms with Crippen molar-refractivity contribution in [2.24, 2.45) is 5.92 Å². The zero-order chi connectivity index (χ0) is 12.1. The Hall–Kier alpha value is 0.120. The van der Waals surface area contributed by atoms with Crippen molar-refractivity contribution >= 4 is 7.68 Å². The van der Waals surface area contributed by atoms with Crippen molar-refractivity contribution in [2.45, 2.75) is 59.0 Å². The molecule has 0 radical (unpaired) electrons. The maximum absolute atomic E-state index is 13.0. The maximum atomic E-state index is 13.0. The average Bonchev–Trinajstić information content (AvgIpc) is 2.00. The Morgan fingerprint density at radius 3 is 2.33 bits per heavy atom. The summed E-state index contributed by atoms with van der Waals surface area (Å²) in [6.45, 7) is 9.12. The highest BCUT2D eigenvalue weighted by atomic mass is 31.2. The first kappa shape index (κ1) is 15.1. The minimum Gasteiger partial charge on any atom is -0.299 e. The first-order valence-electron chi connectivity index (χ1n) is 5.66. The number of hydrogen-bond acceptors (Lipinski definition) is 2. The Bertz CT molecular complexity index is 225. The second-order valence-electron chi connectivity index (χ2n) is 4.93. The van der Waals surface area contributed by atoms with E-state index in [9.17, 15) is 8.76 Å². The van der Waals surface area contributed by atoms with Crippen LogP contribution in [-0.4, -0.2) is 12.3 Å². The minimum absolute atomic E-state index is 0.575. The Balaban J connectivity index is 4.14. The summed E-state index contributed by atoms with van der Waals surface area (Å²) in [6, 6.07) is 0. The van der Waals surface area contributed by atoms with Gasteiger partial charge in [0.2, 0.25) is 0 Å². The lowest BCUT2D eigenvalue weighted by molar-refractivity contribution is 0.0669. The molecule has 4 heteroatoms. The van der Waals surface area contributed by atoms with Crippen LogP contribution < -0.4 is 0 Å². The third-order valence-electron chi connectivity index (χ3n) is 2.62. The van der Waals surface area contributed by atoms with E-state index in [1.54, 1.807) is 0 Å². The molecule has 0 aromatic heterocycles. The van der Waals surface area contributed by atoms with Gasteiger partial charge in [0.15, 0.2) is 0 Å². The molecule has 0 aromatic rings. The minimum atomic E-state index is -3.87. The average molecular weight is 238 g/mol. The summed E-state index contributed by atoms with van der Waals surface area (Å²) in [7, 11) is -3.87. The van der Waals surface area contributed by atoms with Gasteiger partial charge in [-0.25, -0.2) is 0 Å². The molecule has 0 bridgehead atoms. The highest BCUT2D eigenvalue weighted by Crippen LogP contribution is 2.50. The molecule has 0 aromatic carbocycles. The van der Waals surface area contributed by atoms with Crippen LogP contribution in [0.4, 0.5) is 4.20 Å². The molecule has 0 N–H and O–H groups in total. The van der Waals surface area contributed by atoms with Gasteiger partial charge in [0.1, 0.15) is 0 Å². The zero-order valence-electron chi connectivity index (χ0n) is 10.5. The molecule has 0 aliphatic carbocycles. The van der Waals surface area contributed by atoms with Crippen molar-refractivity contribution in [2.75, 3.05) is 6.66 Å². The van der Waals surface area contributed by atoms with Gasteiger partial charge in [0.05, 0.1) is 5.60 Å². The van der Waals surface area contributed by atoms with Crippen LogP contribution in [0.3, 0.4) is 0 Å². The fourth-order valence-electron chi connectivity index (χ4n) is 1.56. The summed E-state index contributed by atoms with van der Waals surface area (Å²) in [5, 5.41) is 0. The van der Waals surface area contributed by atoms with E-state index in [1.165, 1.54) is 0 Å². The predicted molar refractivity (Wildman–Crippen MR) is 63.1 cm³/mol. The van der Waals surface area contributed by atoms with Crippen LogP contribution in [0, 0.1) is 5.92 Å². The van der Waals surface area contributed by atoms with Crippen molar-refractivity contribution in [1.82, 2.24) is 0 Å². The molecule has 0 amide bonds. The first-order chi connectivity index (χ1) is 6.68. The third kappa shape index (κ3) is 7.98. The Morgan fingerprint density at radius 1 is 1.47 bits per heavy atom. The Labute approximate surface area is 93.2 Å². The fourth-order valence-corrected chi connectivity index (χ4v) is 2.57. The topological polar surface area (TPSA) is 26.3 Å². The Morgan fingerprint density at radius 2 is 2.00 bits per heavy atom. The van der Waals surface area contributed by atoms with Gasteiger partial charge < -0.3 is 0 Å². The monoisotopic (exact) mass is 238 g/mol. The van der Waals surface area contributed by atoms with E-state index in [0.717, 1.165) is 25.9 Å². The summed E-state index contributed by atoms with van der Waals surface area (Å²) < 4.78 is 29.0. The molecule has 92 valence electrons. The summed E-state index contributed by atoms with van der Waals surface area (Å²) in [6.07, 6.45) is 3.54. The molecule has 0 heterocycles. The molecule has 15 heavy (non-hydrogen) atoms. The van der Waals surface area contributed by atoms with E-state index in [2.05, 4.69) is 13.8 Å². The van der Waals surface area contributed by atoms with E-state index < -0.39 is 13.3 Å². The summed E-state index contributed by atoms with van der Waals surface area (Å²) >= 11 is 0. The van der Waals surface area contributed by atoms with Crippen molar-refractivity contribution < 1.29 is 13.3 Å². The molecule has 0 saturated heterocycles. The molecule has 0 saturated carbocycles. The van der Waals surface area contributed by atoms with Crippen LogP contribution in [0.15, 0.2) is 0 Å². The zero-order valence-corrected chi connectivity index (χ0v) is 11.4.